The van der Waals surface area contributed by atoms with Gasteiger partial charge in [0.25, 0.3) is 0 Å². The summed E-state index contributed by atoms with van der Waals surface area (Å²) < 4.78 is 5.00. The number of nitrogens with one attached hydrogen (secondary N) is 1. The van der Waals surface area contributed by atoms with Crippen LogP contribution in [0.25, 0.3) is 0 Å². The Morgan fingerprint density at radius 2 is 2.00 bits per heavy atom. The normalized spacial score (nSPS) is 13.8. The summed E-state index contributed by atoms with van der Waals surface area (Å²) in [6, 6.07) is 0. The summed E-state index contributed by atoms with van der Waals surface area (Å²) in [5, 5.41) is 6.82. The lowest BCUT2D eigenvalue weighted by Gasteiger charge is -2.20. The molecule has 0 amide bonds. The van der Waals surface area contributed by atoms with Gasteiger partial charge < -0.3 is 10.1 Å². The summed E-state index contributed by atoms with van der Waals surface area (Å²) in [6.07, 6.45) is 1.08. The lowest BCUT2D eigenvalue weighted by Crippen LogP contribution is -2.27. The first-order chi connectivity index (χ1) is 4.87. The first-order valence-corrected chi connectivity index (χ1v) is 3.60. The maximum Gasteiger partial charge on any atom is 0.314 e. The Balaban J connectivity index is 3.98. The van der Waals surface area contributed by atoms with Crippen LogP contribution in [-0.4, -0.2) is 17.8 Å². The van der Waals surface area contributed by atoms with Crippen molar-refractivity contribution in [3.8, 4) is 0 Å². The molecule has 0 heterocycles. The average Bonchev–Trinajstić information content (AvgIpc) is 1.82. The van der Waals surface area contributed by atoms with Gasteiger partial charge >= 0.3 is 5.97 Å². The van der Waals surface area contributed by atoms with Gasteiger partial charge in [-0.15, -0.1) is 0 Å². The third-order valence-electron chi connectivity index (χ3n) is 1.03. The molecule has 0 saturated heterocycles. The Morgan fingerprint density at radius 1 is 1.55 bits per heavy atom. The van der Waals surface area contributed by atoms with E-state index in [0.717, 1.165) is 6.21 Å². The van der Waals surface area contributed by atoms with Crippen molar-refractivity contribution in [1.82, 2.24) is 0 Å². The molecule has 64 valence electrons. The van der Waals surface area contributed by atoms with Crippen LogP contribution >= 0.6 is 0 Å². The van der Waals surface area contributed by atoms with Crippen molar-refractivity contribution in [2.24, 2.45) is 5.92 Å². The third-order valence-corrected chi connectivity index (χ3v) is 1.03. The van der Waals surface area contributed by atoms with Crippen molar-refractivity contribution < 1.29 is 9.53 Å². The minimum atomic E-state index is -0.450. The van der Waals surface area contributed by atoms with Crippen molar-refractivity contribution >= 4 is 12.2 Å². The standard InChI is InChI=1S/C8H15NO2/c1-6(5-9)7(10)11-8(2,3)4/h5-6,9H,1-4H3/t6-/m1/s1. The van der Waals surface area contributed by atoms with Gasteiger partial charge in [0.05, 0.1) is 5.92 Å². The summed E-state index contributed by atoms with van der Waals surface area (Å²) in [7, 11) is 0. The fourth-order valence-corrected chi connectivity index (χ4v) is 0.463. The van der Waals surface area contributed by atoms with Crippen LogP contribution in [0.3, 0.4) is 0 Å². The second-order valence-electron chi connectivity index (χ2n) is 3.49. The highest BCUT2D eigenvalue weighted by Gasteiger charge is 2.19. The average molecular weight is 157 g/mol. The van der Waals surface area contributed by atoms with E-state index >= 15 is 0 Å². The molecule has 1 N–H and O–H groups in total. The highest BCUT2D eigenvalue weighted by atomic mass is 16.6. The van der Waals surface area contributed by atoms with E-state index in [2.05, 4.69) is 0 Å². The van der Waals surface area contributed by atoms with Gasteiger partial charge in [0, 0.05) is 6.21 Å². The molecule has 0 aliphatic rings. The molecule has 0 aromatic rings. The minimum Gasteiger partial charge on any atom is -0.459 e. The maximum absolute atomic E-state index is 11.0. The van der Waals surface area contributed by atoms with Crippen LogP contribution < -0.4 is 0 Å². The summed E-state index contributed by atoms with van der Waals surface area (Å²) >= 11 is 0. The van der Waals surface area contributed by atoms with Gasteiger partial charge in [-0.3, -0.25) is 4.79 Å². The number of esters is 1. The van der Waals surface area contributed by atoms with Crippen LogP contribution in [0.1, 0.15) is 27.7 Å². The second-order valence-corrected chi connectivity index (χ2v) is 3.49. The molecule has 11 heavy (non-hydrogen) atoms. The molecule has 0 spiro atoms. The van der Waals surface area contributed by atoms with Gasteiger partial charge in [-0.25, -0.2) is 0 Å². The molecule has 3 heteroatoms. The van der Waals surface area contributed by atoms with Crippen molar-refractivity contribution in [3.05, 3.63) is 0 Å². The van der Waals surface area contributed by atoms with Crippen LogP contribution in [0.5, 0.6) is 0 Å². The fraction of sp³-hybridized carbons (Fsp3) is 0.750. The van der Waals surface area contributed by atoms with Gasteiger partial charge in [-0.1, -0.05) is 0 Å². The Morgan fingerprint density at radius 3 is 2.27 bits per heavy atom. The van der Waals surface area contributed by atoms with Crippen LogP contribution in [0.4, 0.5) is 0 Å². The molecular formula is C8H15NO2. The molecule has 0 unspecified atom stereocenters. The van der Waals surface area contributed by atoms with Crippen LogP contribution in [0.2, 0.25) is 0 Å². The van der Waals surface area contributed by atoms with E-state index < -0.39 is 11.5 Å². The van der Waals surface area contributed by atoms with Crippen molar-refractivity contribution in [3.63, 3.8) is 0 Å². The van der Waals surface area contributed by atoms with E-state index in [0.29, 0.717) is 0 Å². The summed E-state index contributed by atoms with van der Waals surface area (Å²) in [5.41, 5.74) is -0.450. The smallest absolute Gasteiger partial charge is 0.314 e. The van der Waals surface area contributed by atoms with Gasteiger partial charge in [0.2, 0.25) is 0 Å². The van der Waals surface area contributed by atoms with Gasteiger partial charge in [-0.05, 0) is 27.7 Å². The Labute approximate surface area is 67.3 Å². The van der Waals surface area contributed by atoms with E-state index in [1.807, 2.05) is 20.8 Å². The van der Waals surface area contributed by atoms with E-state index in [1.54, 1.807) is 6.92 Å². The van der Waals surface area contributed by atoms with Crippen molar-refractivity contribution in [1.29, 1.82) is 5.41 Å². The largest absolute Gasteiger partial charge is 0.459 e. The molecular weight excluding hydrogens is 142 g/mol. The number of ether oxygens (including phenoxy) is 1. The number of rotatable bonds is 2. The molecule has 0 fully saturated rings. The molecule has 0 aromatic heterocycles. The highest BCUT2D eigenvalue weighted by Crippen LogP contribution is 2.09. The minimum absolute atomic E-state index is 0.340. The van der Waals surface area contributed by atoms with E-state index in [4.69, 9.17) is 10.1 Å². The lowest BCUT2D eigenvalue weighted by atomic mass is 10.1. The number of hydrogen-bond acceptors (Lipinski definition) is 3. The maximum atomic E-state index is 11.0. The quantitative estimate of drug-likeness (QED) is 0.489. The zero-order valence-corrected chi connectivity index (χ0v) is 7.47. The van der Waals surface area contributed by atoms with Gasteiger partial charge in [0.1, 0.15) is 5.60 Å². The van der Waals surface area contributed by atoms with Crippen LogP contribution in [0, 0.1) is 11.3 Å². The molecule has 0 rings (SSSR count). The monoisotopic (exact) mass is 157 g/mol. The second kappa shape index (κ2) is 3.51. The first kappa shape index (κ1) is 10.1. The first-order valence-electron chi connectivity index (χ1n) is 3.60. The zero-order chi connectivity index (χ0) is 9.07. The van der Waals surface area contributed by atoms with Gasteiger partial charge in [0.15, 0.2) is 0 Å². The third kappa shape index (κ3) is 4.53. The molecule has 1 atom stereocenters. The molecule has 0 saturated carbocycles. The van der Waals surface area contributed by atoms with Crippen molar-refractivity contribution in [2.45, 2.75) is 33.3 Å². The molecule has 0 aliphatic carbocycles. The van der Waals surface area contributed by atoms with Crippen LogP contribution in [-0.2, 0) is 9.53 Å². The summed E-state index contributed by atoms with van der Waals surface area (Å²) in [5.74, 6) is -0.776. The zero-order valence-electron chi connectivity index (χ0n) is 7.47. The Hall–Kier alpha value is -0.860. The Bertz CT molecular complexity index is 158. The molecule has 0 aliphatic heterocycles. The Kier molecular flexibility index (Phi) is 3.23. The highest BCUT2D eigenvalue weighted by molar-refractivity contribution is 5.88. The molecule has 0 radical (unpaired) electrons. The van der Waals surface area contributed by atoms with E-state index in [9.17, 15) is 4.79 Å². The summed E-state index contributed by atoms with van der Waals surface area (Å²) in [4.78, 5) is 11.0. The molecule has 0 bridgehead atoms. The summed E-state index contributed by atoms with van der Waals surface area (Å²) in [6.45, 7) is 7.06. The predicted molar refractivity (Wildman–Crippen MR) is 43.8 cm³/mol. The molecule has 3 nitrogen and oxygen atoms in total. The number of carbonyl (C=O) groups excluding carboxylic acids is 1. The number of hydrogen-bond donors (Lipinski definition) is 1. The van der Waals surface area contributed by atoms with E-state index in [1.165, 1.54) is 0 Å². The topological polar surface area (TPSA) is 50.2 Å². The SMILES string of the molecule is C[C@H](C=N)C(=O)OC(C)(C)C. The lowest BCUT2D eigenvalue weighted by molar-refractivity contribution is -0.156. The number of carbonyl (C=O) groups is 1. The van der Waals surface area contributed by atoms with Crippen LogP contribution in [0.15, 0.2) is 0 Å². The van der Waals surface area contributed by atoms with E-state index in [-0.39, 0.29) is 5.97 Å². The fourth-order valence-electron chi connectivity index (χ4n) is 0.463. The van der Waals surface area contributed by atoms with Gasteiger partial charge in [-0.2, -0.15) is 0 Å². The predicted octanol–water partition coefficient (Wildman–Crippen LogP) is 1.61. The molecule has 0 aromatic carbocycles. The van der Waals surface area contributed by atoms with Crippen molar-refractivity contribution in [2.75, 3.05) is 0 Å².